The summed E-state index contributed by atoms with van der Waals surface area (Å²) in [6.07, 6.45) is 5.16. The van der Waals surface area contributed by atoms with Crippen molar-refractivity contribution in [3.63, 3.8) is 0 Å². The van der Waals surface area contributed by atoms with E-state index in [0.29, 0.717) is 17.5 Å². The summed E-state index contributed by atoms with van der Waals surface area (Å²) in [5, 5.41) is 11.8. The molecule has 0 radical (unpaired) electrons. The van der Waals surface area contributed by atoms with Crippen LogP contribution >= 0.6 is 0 Å². The Kier molecular flexibility index (Phi) is 3.74. The molecule has 25 heavy (non-hydrogen) atoms. The van der Waals surface area contributed by atoms with Crippen LogP contribution in [0, 0.1) is 6.92 Å². The Balaban J connectivity index is 1.60. The number of nitrogens with one attached hydrogen (secondary N) is 1. The average Bonchev–Trinajstić information content (AvgIpc) is 3.22. The molecule has 0 aliphatic carbocycles. The number of hydrogen-bond acceptors (Lipinski definition) is 5. The number of carbonyl (C=O) groups excluding carboxylic acids is 1. The van der Waals surface area contributed by atoms with Gasteiger partial charge in [0.1, 0.15) is 6.54 Å². The molecule has 0 bridgehead atoms. The highest BCUT2D eigenvalue weighted by Gasteiger charge is 2.11. The van der Waals surface area contributed by atoms with Crippen LogP contribution in [0.25, 0.3) is 22.4 Å². The average molecular weight is 333 g/mol. The van der Waals surface area contributed by atoms with Crippen LogP contribution in [0.15, 0.2) is 59.4 Å². The van der Waals surface area contributed by atoms with Gasteiger partial charge >= 0.3 is 0 Å². The summed E-state index contributed by atoms with van der Waals surface area (Å²) >= 11 is 0. The van der Waals surface area contributed by atoms with E-state index in [1.807, 2.05) is 35.0 Å². The molecular weight excluding hydrogens is 318 g/mol. The van der Waals surface area contributed by atoms with E-state index in [-0.39, 0.29) is 12.5 Å². The fourth-order valence-electron chi connectivity index (χ4n) is 2.66. The van der Waals surface area contributed by atoms with Gasteiger partial charge in [-0.2, -0.15) is 0 Å². The lowest BCUT2D eigenvalue weighted by Gasteiger charge is -2.07. The van der Waals surface area contributed by atoms with Crippen LogP contribution in [-0.4, -0.2) is 25.7 Å². The standard InChI is InChI=1S/C18H15N5O2/c1-12-21-22-18(25-12)14-5-4-13-6-8-23(16(13)9-14)11-17(24)20-15-3-2-7-19-10-15/h2-10H,11H2,1H3,(H,20,24). The minimum Gasteiger partial charge on any atom is -0.421 e. The molecule has 4 aromatic rings. The zero-order valence-corrected chi connectivity index (χ0v) is 13.5. The molecule has 3 heterocycles. The van der Waals surface area contributed by atoms with Gasteiger partial charge in [0.05, 0.1) is 11.9 Å². The number of aryl methyl sites for hydroxylation is 1. The van der Waals surface area contributed by atoms with Gasteiger partial charge in [-0.1, -0.05) is 6.07 Å². The molecule has 0 saturated carbocycles. The number of aromatic nitrogens is 4. The predicted octanol–water partition coefficient (Wildman–Crippen LogP) is 3.03. The van der Waals surface area contributed by atoms with E-state index in [1.165, 1.54) is 0 Å². The van der Waals surface area contributed by atoms with Gasteiger partial charge in [-0.3, -0.25) is 9.78 Å². The first kappa shape index (κ1) is 15.1. The number of nitrogens with zero attached hydrogens (tertiary/aromatic N) is 4. The van der Waals surface area contributed by atoms with E-state index >= 15 is 0 Å². The highest BCUT2D eigenvalue weighted by atomic mass is 16.4. The molecule has 0 fully saturated rings. The fraction of sp³-hybridized carbons (Fsp3) is 0.111. The Morgan fingerprint density at radius 2 is 2.16 bits per heavy atom. The quantitative estimate of drug-likeness (QED) is 0.620. The second-order valence-corrected chi connectivity index (χ2v) is 5.63. The maximum Gasteiger partial charge on any atom is 0.247 e. The normalized spacial score (nSPS) is 10.9. The summed E-state index contributed by atoms with van der Waals surface area (Å²) < 4.78 is 7.36. The number of carbonyl (C=O) groups is 1. The van der Waals surface area contributed by atoms with Crippen LogP contribution in [0.2, 0.25) is 0 Å². The summed E-state index contributed by atoms with van der Waals surface area (Å²) in [6.45, 7) is 1.95. The Hall–Kier alpha value is -3.48. The van der Waals surface area contributed by atoms with Crippen molar-refractivity contribution in [1.29, 1.82) is 0 Å². The molecule has 4 rings (SSSR count). The van der Waals surface area contributed by atoms with Gasteiger partial charge in [0.2, 0.25) is 17.7 Å². The minimum absolute atomic E-state index is 0.121. The van der Waals surface area contributed by atoms with Gasteiger partial charge in [-0.05, 0) is 35.7 Å². The lowest BCUT2D eigenvalue weighted by Crippen LogP contribution is -2.18. The number of fused-ring (bicyclic) bond motifs is 1. The zero-order chi connectivity index (χ0) is 17.2. The summed E-state index contributed by atoms with van der Waals surface area (Å²) in [5.41, 5.74) is 2.42. The highest BCUT2D eigenvalue weighted by Crippen LogP contribution is 2.24. The Bertz CT molecular complexity index is 1040. The molecule has 1 N–H and O–H groups in total. The lowest BCUT2D eigenvalue weighted by atomic mass is 10.1. The van der Waals surface area contributed by atoms with Gasteiger partial charge < -0.3 is 14.3 Å². The van der Waals surface area contributed by atoms with Gasteiger partial charge in [0.25, 0.3) is 0 Å². The highest BCUT2D eigenvalue weighted by molar-refractivity contribution is 5.92. The third kappa shape index (κ3) is 3.12. The van der Waals surface area contributed by atoms with Crippen molar-refractivity contribution >= 4 is 22.5 Å². The molecule has 0 saturated heterocycles. The van der Waals surface area contributed by atoms with Crippen molar-refractivity contribution in [2.75, 3.05) is 5.32 Å². The van der Waals surface area contributed by atoms with E-state index in [4.69, 9.17) is 4.42 Å². The van der Waals surface area contributed by atoms with Crippen molar-refractivity contribution in [3.8, 4) is 11.5 Å². The summed E-state index contributed by atoms with van der Waals surface area (Å²) in [6, 6.07) is 11.4. The first-order chi connectivity index (χ1) is 12.2. The second kappa shape index (κ2) is 6.20. The van der Waals surface area contributed by atoms with Crippen molar-refractivity contribution in [2.24, 2.45) is 0 Å². The van der Waals surface area contributed by atoms with Crippen LogP contribution in [0.5, 0.6) is 0 Å². The molecule has 1 aromatic carbocycles. The number of hydrogen-bond donors (Lipinski definition) is 1. The maximum atomic E-state index is 12.3. The number of benzene rings is 1. The molecule has 0 aliphatic heterocycles. The van der Waals surface area contributed by atoms with Gasteiger partial charge in [-0.25, -0.2) is 0 Å². The van der Waals surface area contributed by atoms with E-state index in [9.17, 15) is 4.79 Å². The molecular formula is C18H15N5O2. The van der Waals surface area contributed by atoms with Crippen molar-refractivity contribution in [2.45, 2.75) is 13.5 Å². The van der Waals surface area contributed by atoms with Crippen LogP contribution in [-0.2, 0) is 11.3 Å². The molecule has 1 amide bonds. The smallest absolute Gasteiger partial charge is 0.247 e. The molecule has 0 aliphatic rings. The van der Waals surface area contributed by atoms with Gasteiger partial charge in [0.15, 0.2) is 0 Å². The van der Waals surface area contributed by atoms with Crippen molar-refractivity contribution in [1.82, 2.24) is 19.7 Å². The number of anilines is 1. The van der Waals surface area contributed by atoms with Crippen LogP contribution in [0.4, 0.5) is 5.69 Å². The number of amides is 1. The van der Waals surface area contributed by atoms with E-state index in [2.05, 4.69) is 20.5 Å². The molecule has 0 atom stereocenters. The van der Waals surface area contributed by atoms with Crippen LogP contribution in [0.1, 0.15) is 5.89 Å². The first-order valence-electron chi connectivity index (χ1n) is 7.78. The SMILES string of the molecule is Cc1nnc(-c2ccc3ccn(CC(=O)Nc4cccnc4)c3c2)o1. The zero-order valence-electron chi connectivity index (χ0n) is 13.5. The van der Waals surface area contributed by atoms with Crippen LogP contribution in [0.3, 0.4) is 0 Å². The van der Waals surface area contributed by atoms with Gasteiger partial charge in [0, 0.05) is 30.4 Å². The Morgan fingerprint density at radius 1 is 1.24 bits per heavy atom. The molecule has 0 spiro atoms. The molecule has 124 valence electrons. The topological polar surface area (TPSA) is 85.8 Å². The summed E-state index contributed by atoms with van der Waals surface area (Å²) in [7, 11) is 0. The number of rotatable bonds is 4. The van der Waals surface area contributed by atoms with E-state index in [0.717, 1.165) is 16.5 Å². The third-order valence-electron chi connectivity index (χ3n) is 3.81. The van der Waals surface area contributed by atoms with Crippen LogP contribution < -0.4 is 5.32 Å². The Labute approximate surface area is 143 Å². The predicted molar refractivity (Wildman–Crippen MR) is 92.8 cm³/mol. The Morgan fingerprint density at radius 3 is 2.92 bits per heavy atom. The molecule has 7 heteroatoms. The third-order valence-corrected chi connectivity index (χ3v) is 3.81. The maximum absolute atomic E-state index is 12.3. The van der Waals surface area contributed by atoms with Crippen molar-refractivity contribution < 1.29 is 9.21 Å². The summed E-state index contributed by atoms with van der Waals surface area (Å²) in [5.74, 6) is 0.859. The molecule has 3 aromatic heterocycles. The lowest BCUT2D eigenvalue weighted by molar-refractivity contribution is -0.116. The minimum atomic E-state index is -0.121. The first-order valence-corrected chi connectivity index (χ1v) is 7.78. The molecule has 7 nitrogen and oxygen atoms in total. The van der Waals surface area contributed by atoms with E-state index in [1.54, 1.807) is 31.5 Å². The molecule has 0 unspecified atom stereocenters. The summed E-state index contributed by atoms with van der Waals surface area (Å²) in [4.78, 5) is 16.3. The fourth-order valence-corrected chi connectivity index (χ4v) is 2.66. The second-order valence-electron chi connectivity index (χ2n) is 5.63. The van der Waals surface area contributed by atoms with Gasteiger partial charge in [-0.15, -0.1) is 10.2 Å². The van der Waals surface area contributed by atoms with Crippen molar-refractivity contribution in [3.05, 3.63) is 60.9 Å². The van der Waals surface area contributed by atoms with E-state index < -0.39 is 0 Å². The largest absolute Gasteiger partial charge is 0.421 e. The number of pyridine rings is 1. The monoisotopic (exact) mass is 333 g/mol.